The van der Waals surface area contributed by atoms with E-state index < -0.39 is 32.5 Å². The van der Waals surface area contributed by atoms with E-state index in [2.05, 4.69) is 49.5 Å². The van der Waals surface area contributed by atoms with Gasteiger partial charge < -0.3 is 33.0 Å². The molecule has 0 aromatic rings. The molecule has 11 heteroatoms. The van der Waals surface area contributed by atoms with Crippen LogP contribution in [0.2, 0.25) is 0 Å². The molecular formula is C46H84NO9P. The maximum absolute atomic E-state index is 12.7. The van der Waals surface area contributed by atoms with E-state index in [1.54, 1.807) is 0 Å². The number of phosphoric acid groups is 1. The second-order valence-electron chi connectivity index (χ2n) is 16.1. The monoisotopic (exact) mass is 826 g/mol. The molecule has 0 amide bonds. The van der Waals surface area contributed by atoms with Gasteiger partial charge in [0.1, 0.15) is 19.8 Å². The van der Waals surface area contributed by atoms with Crippen molar-refractivity contribution in [2.45, 2.75) is 180 Å². The number of nitrogens with zero attached hydrogens (tertiary/aromatic N) is 1. The zero-order valence-electron chi connectivity index (χ0n) is 36.7. The van der Waals surface area contributed by atoms with Crippen LogP contribution < -0.4 is 4.89 Å². The first-order valence-electron chi connectivity index (χ1n) is 22.5. The first kappa shape index (κ1) is 54.9. The number of phosphoric ester groups is 1. The van der Waals surface area contributed by atoms with Crippen LogP contribution in [0.1, 0.15) is 174 Å². The summed E-state index contributed by atoms with van der Waals surface area (Å²) in [7, 11) is 1.11. The van der Waals surface area contributed by atoms with Crippen molar-refractivity contribution in [2.24, 2.45) is 0 Å². The van der Waals surface area contributed by atoms with Crippen molar-refractivity contribution in [2.75, 3.05) is 54.1 Å². The molecule has 0 bridgehead atoms. The number of esters is 2. The normalized spacial score (nSPS) is 14.0. The fourth-order valence-electron chi connectivity index (χ4n) is 5.86. The lowest BCUT2D eigenvalue weighted by Crippen LogP contribution is -2.37. The average molecular weight is 826 g/mol. The van der Waals surface area contributed by atoms with Crippen LogP contribution in [0.4, 0.5) is 0 Å². The third-order valence-corrected chi connectivity index (χ3v) is 10.4. The second-order valence-corrected chi connectivity index (χ2v) is 17.6. The van der Waals surface area contributed by atoms with Crippen molar-refractivity contribution in [3.8, 4) is 0 Å². The lowest BCUT2D eigenvalue weighted by Gasteiger charge is -2.28. The van der Waals surface area contributed by atoms with E-state index in [9.17, 15) is 19.0 Å². The van der Waals surface area contributed by atoms with Crippen molar-refractivity contribution in [3.05, 3.63) is 48.6 Å². The Morgan fingerprint density at radius 1 is 0.596 bits per heavy atom. The highest BCUT2D eigenvalue weighted by Crippen LogP contribution is 2.38. The smallest absolute Gasteiger partial charge is 0.306 e. The molecule has 1 N–H and O–H groups in total. The SMILES string of the molecule is CCCCCCCCCCCCCCCCCC(=O)OCC(COP(=O)([O-])OCC[N+](C)(C)C)OC(=O)CCC/C=C\C/C=C\C/C=C\C/C=C\CCCCCO. The highest BCUT2D eigenvalue weighted by Gasteiger charge is 2.21. The number of carbonyl (C=O) groups is 2. The van der Waals surface area contributed by atoms with Crippen LogP contribution in [-0.2, 0) is 32.7 Å². The standard InChI is InChI=1S/C46H84NO9P/c1-5-6-7-8-9-10-11-12-16-19-22-25-28-31-34-37-45(49)53-42-44(43-55-57(51,52)54-41-39-47(2,3)4)56-46(50)38-35-32-29-26-23-20-17-14-13-15-18-21-24-27-30-33-36-40-48/h13,15,17,20-21,24,26,29,44,48H,5-12,14,16,18-19,22-23,25,27-28,30-43H2,1-4H3/b15-13-,20-17-,24-21-,29-26-. The molecule has 0 aromatic heterocycles. The Hall–Kier alpha value is -2.07. The van der Waals surface area contributed by atoms with Gasteiger partial charge in [-0.25, -0.2) is 0 Å². The number of rotatable bonds is 41. The van der Waals surface area contributed by atoms with Crippen molar-refractivity contribution >= 4 is 19.8 Å². The van der Waals surface area contributed by atoms with Gasteiger partial charge in [-0.05, 0) is 57.8 Å². The molecule has 57 heavy (non-hydrogen) atoms. The molecule has 0 radical (unpaired) electrons. The molecule has 0 spiro atoms. The van der Waals surface area contributed by atoms with Crippen LogP contribution in [0, 0.1) is 0 Å². The summed E-state index contributed by atoms with van der Waals surface area (Å²) in [6.07, 6.45) is 43.0. The van der Waals surface area contributed by atoms with Gasteiger partial charge in [-0.3, -0.25) is 14.2 Å². The van der Waals surface area contributed by atoms with E-state index in [4.69, 9.17) is 23.6 Å². The first-order valence-corrected chi connectivity index (χ1v) is 23.9. The van der Waals surface area contributed by atoms with E-state index in [1.165, 1.54) is 77.0 Å². The maximum Gasteiger partial charge on any atom is 0.306 e. The molecule has 0 fully saturated rings. The van der Waals surface area contributed by atoms with Crippen LogP contribution in [0.15, 0.2) is 48.6 Å². The summed E-state index contributed by atoms with van der Waals surface area (Å²) in [5, 5.41) is 8.80. The number of aliphatic hydroxyl groups excluding tert-OH is 1. The third-order valence-electron chi connectivity index (χ3n) is 9.41. The van der Waals surface area contributed by atoms with Crippen LogP contribution >= 0.6 is 7.82 Å². The minimum atomic E-state index is -4.65. The molecule has 0 aromatic carbocycles. The van der Waals surface area contributed by atoms with Crippen LogP contribution in [0.25, 0.3) is 0 Å². The average Bonchev–Trinajstić information content (AvgIpc) is 3.16. The Morgan fingerprint density at radius 3 is 1.56 bits per heavy atom. The van der Waals surface area contributed by atoms with Crippen LogP contribution in [0.3, 0.4) is 0 Å². The van der Waals surface area contributed by atoms with Crippen molar-refractivity contribution in [1.82, 2.24) is 0 Å². The number of hydrogen-bond donors (Lipinski definition) is 1. The number of hydrogen-bond acceptors (Lipinski definition) is 9. The first-order chi connectivity index (χ1) is 27.5. The lowest BCUT2D eigenvalue weighted by molar-refractivity contribution is -0.870. The summed E-state index contributed by atoms with van der Waals surface area (Å²) in [6, 6.07) is 0. The van der Waals surface area contributed by atoms with Crippen LogP contribution in [0.5, 0.6) is 0 Å². The van der Waals surface area contributed by atoms with Gasteiger partial charge in [0.25, 0.3) is 7.82 Å². The van der Waals surface area contributed by atoms with Gasteiger partial charge in [0, 0.05) is 19.4 Å². The van der Waals surface area contributed by atoms with Gasteiger partial charge in [-0.15, -0.1) is 0 Å². The number of allylic oxidation sites excluding steroid dienone is 8. The van der Waals surface area contributed by atoms with E-state index in [-0.39, 0.29) is 32.7 Å². The molecule has 0 rings (SSSR count). The molecule has 0 aliphatic carbocycles. The molecule has 0 saturated carbocycles. The van der Waals surface area contributed by atoms with Crippen LogP contribution in [-0.4, -0.2) is 81.7 Å². The fraction of sp³-hybridized carbons (Fsp3) is 0.783. The van der Waals surface area contributed by atoms with E-state index in [0.29, 0.717) is 23.9 Å². The van der Waals surface area contributed by atoms with E-state index >= 15 is 0 Å². The number of carbonyl (C=O) groups excluding carboxylic acids is 2. The third kappa shape index (κ3) is 43.3. The Morgan fingerprint density at radius 2 is 1.05 bits per heavy atom. The van der Waals surface area contributed by atoms with Gasteiger partial charge in [-0.1, -0.05) is 152 Å². The second kappa shape index (κ2) is 39.4. The topological polar surface area (TPSA) is 131 Å². The Balaban J connectivity index is 4.44. The molecule has 0 saturated heterocycles. The number of unbranched alkanes of at least 4 members (excludes halogenated alkanes) is 18. The molecule has 0 heterocycles. The predicted octanol–water partition coefficient (Wildman–Crippen LogP) is 11.0. The number of quaternary nitrogens is 1. The minimum Gasteiger partial charge on any atom is -0.756 e. The summed E-state index contributed by atoms with van der Waals surface area (Å²) < 4.78 is 33.8. The van der Waals surface area contributed by atoms with Crippen molar-refractivity contribution in [1.29, 1.82) is 0 Å². The molecule has 10 nitrogen and oxygen atoms in total. The summed E-state index contributed by atoms with van der Waals surface area (Å²) in [5.74, 6) is -0.912. The summed E-state index contributed by atoms with van der Waals surface area (Å²) >= 11 is 0. The summed E-state index contributed by atoms with van der Waals surface area (Å²) in [4.78, 5) is 37.5. The molecule has 2 atom stereocenters. The molecular weight excluding hydrogens is 741 g/mol. The minimum absolute atomic E-state index is 0.0463. The number of likely N-dealkylation sites (N-methyl/N-ethyl adjacent to an activating group) is 1. The molecule has 332 valence electrons. The van der Waals surface area contributed by atoms with Gasteiger partial charge in [0.2, 0.25) is 0 Å². The molecule has 0 aliphatic rings. The molecule has 0 aliphatic heterocycles. The van der Waals surface area contributed by atoms with E-state index in [0.717, 1.165) is 64.2 Å². The zero-order chi connectivity index (χ0) is 42.1. The van der Waals surface area contributed by atoms with Gasteiger partial charge in [0.05, 0.1) is 27.7 Å². The van der Waals surface area contributed by atoms with Gasteiger partial charge in [-0.2, -0.15) is 0 Å². The van der Waals surface area contributed by atoms with Crippen molar-refractivity contribution < 1.29 is 47.2 Å². The van der Waals surface area contributed by atoms with Crippen molar-refractivity contribution in [3.63, 3.8) is 0 Å². The largest absolute Gasteiger partial charge is 0.756 e. The van der Waals surface area contributed by atoms with E-state index in [1.807, 2.05) is 27.2 Å². The number of ether oxygens (including phenoxy) is 2. The Kier molecular flexibility index (Phi) is 38.0. The molecule has 2 unspecified atom stereocenters. The Bertz CT molecular complexity index is 1120. The highest BCUT2D eigenvalue weighted by atomic mass is 31.2. The fourth-order valence-corrected chi connectivity index (χ4v) is 6.59. The quantitative estimate of drug-likeness (QED) is 0.0210. The Labute approximate surface area is 348 Å². The lowest BCUT2D eigenvalue weighted by atomic mass is 10.0. The highest BCUT2D eigenvalue weighted by molar-refractivity contribution is 7.45. The maximum atomic E-state index is 12.7. The summed E-state index contributed by atoms with van der Waals surface area (Å²) in [5.41, 5.74) is 0. The van der Waals surface area contributed by atoms with Gasteiger partial charge >= 0.3 is 11.9 Å². The van der Waals surface area contributed by atoms with Gasteiger partial charge in [0.15, 0.2) is 6.10 Å². The number of aliphatic hydroxyl groups is 1. The zero-order valence-corrected chi connectivity index (χ0v) is 37.6. The predicted molar refractivity (Wildman–Crippen MR) is 233 cm³/mol. The summed E-state index contributed by atoms with van der Waals surface area (Å²) in [6.45, 7) is 2.17.